The SMILES string of the molecule is CC(C)(C)N1CCN(c2ccc(-c3cc(OCC(F)(F)F)cn4ncc(C#N)c34)cn2)CC1. The van der Waals surface area contributed by atoms with Crippen LogP contribution in [0.15, 0.2) is 36.8 Å². The van der Waals surface area contributed by atoms with Gasteiger partial charge in [-0.15, -0.1) is 0 Å². The minimum absolute atomic E-state index is 0.00444. The summed E-state index contributed by atoms with van der Waals surface area (Å²) < 4.78 is 44.2. The van der Waals surface area contributed by atoms with E-state index in [1.165, 1.54) is 23.0 Å². The molecule has 0 bridgehead atoms. The molecular weight excluding hydrogens is 433 g/mol. The van der Waals surface area contributed by atoms with Crippen LogP contribution in [0.3, 0.4) is 0 Å². The molecule has 0 saturated carbocycles. The molecule has 1 aliphatic heterocycles. The van der Waals surface area contributed by atoms with Gasteiger partial charge in [-0.1, -0.05) is 0 Å². The Morgan fingerprint density at radius 2 is 1.82 bits per heavy atom. The average molecular weight is 458 g/mol. The van der Waals surface area contributed by atoms with Crippen LogP contribution in [0.5, 0.6) is 5.75 Å². The fraction of sp³-hybridized carbons (Fsp3) is 0.435. The van der Waals surface area contributed by atoms with Crippen molar-refractivity contribution in [2.45, 2.75) is 32.5 Å². The lowest BCUT2D eigenvalue weighted by atomic mass is 10.0. The predicted molar refractivity (Wildman–Crippen MR) is 118 cm³/mol. The Morgan fingerprint density at radius 3 is 2.39 bits per heavy atom. The highest BCUT2D eigenvalue weighted by atomic mass is 19.4. The topological polar surface area (TPSA) is 69.7 Å². The molecule has 33 heavy (non-hydrogen) atoms. The molecule has 1 fully saturated rings. The minimum Gasteiger partial charge on any atom is -0.482 e. The number of rotatable bonds is 4. The number of pyridine rings is 2. The summed E-state index contributed by atoms with van der Waals surface area (Å²) >= 11 is 0. The second-order valence-corrected chi connectivity index (χ2v) is 9.01. The van der Waals surface area contributed by atoms with Crippen molar-refractivity contribution in [1.29, 1.82) is 5.26 Å². The molecule has 0 unspecified atom stereocenters. The maximum Gasteiger partial charge on any atom is 0.422 e. The summed E-state index contributed by atoms with van der Waals surface area (Å²) in [5.74, 6) is 0.839. The van der Waals surface area contributed by atoms with Gasteiger partial charge < -0.3 is 9.64 Å². The molecule has 4 rings (SSSR count). The number of fused-ring (bicyclic) bond motifs is 1. The first-order chi connectivity index (χ1) is 15.5. The quantitative estimate of drug-likeness (QED) is 0.586. The molecule has 0 aliphatic carbocycles. The molecule has 7 nitrogen and oxygen atoms in total. The van der Waals surface area contributed by atoms with Crippen molar-refractivity contribution in [2.75, 3.05) is 37.7 Å². The van der Waals surface area contributed by atoms with Gasteiger partial charge in [0.25, 0.3) is 0 Å². The van der Waals surface area contributed by atoms with Crippen LogP contribution in [0.1, 0.15) is 26.3 Å². The Morgan fingerprint density at radius 1 is 1.09 bits per heavy atom. The monoisotopic (exact) mass is 458 g/mol. The summed E-state index contributed by atoms with van der Waals surface area (Å²) in [5, 5.41) is 13.6. The number of nitrogens with zero attached hydrogens (tertiary/aromatic N) is 6. The first-order valence-electron chi connectivity index (χ1n) is 10.6. The Bertz CT molecular complexity index is 1170. The summed E-state index contributed by atoms with van der Waals surface area (Å²) in [7, 11) is 0. The summed E-state index contributed by atoms with van der Waals surface area (Å²) in [4.78, 5) is 9.25. The van der Waals surface area contributed by atoms with Gasteiger partial charge in [-0.25, -0.2) is 9.50 Å². The van der Waals surface area contributed by atoms with Crippen molar-refractivity contribution < 1.29 is 17.9 Å². The molecular formula is C23H25F3N6O. The van der Waals surface area contributed by atoms with Gasteiger partial charge in [0, 0.05) is 49.0 Å². The molecule has 1 aliphatic rings. The Hall–Kier alpha value is -3.32. The molecule has 0 aromatic carbocycles. The Labute approximate surface area is 190 Å². The first-order valence-corrected chi connectivity index (χ1v) is 10.6. The average Bonchev–Trinajstić information content (AvgIpc) is 3.19. The zero-order valence-electron chi connectivity index (χ0n) is 18.7. The third kappa shape index (κ3) is 5.03. The molecule has 0 radical (unpaired) electrons. The number of ether oxygens (including phenoxy) is 1. The van der Waals surface area contributed by atoms with Gasteiger partial charge in [0.1, 0.15) is 17.6 Å². The Kier molecular flexibility index (Phi) is 5.93. The second kappa shape index (κ2) is 8.56. The van der Waals surface area contributed by atoms with Crippen LogP contribution in [0.2, 0.25) is 0 Å². The van der Waals surface area contributed by atoms with E-state index in [1.807, 2.05) is 12.1 Å². The van der Waals surface area contributed by atoms with Gasteiger partial charge >= 0.3 is 6.18 Å². The van der Waals surface area contributed by atoms with Crippen molar-refractivity contribution in [2.24, 2.45) is 0 Å². The fourth-order valence-corrected chi connectivity index (χ4v) is 3.98. The van der Waals surface area contributed by atoms with Crippen LogP contribution >= 0.6 is 0 Å². The summed E-state index contributed by atoms with van der Waals surface area (Å²) in [6.45, 7) is 8.79. The van der Waals surface area contributed by atoms with E-state index in [1.54, 1.807) is 6.20 Å². The van der Waals surface area contributed by atoms with E-state index in [2.05, 4.69) is 46.7 Å². The lowest BCUT2D eigenvalue weighted by Crippen LogP contribution is -2.53. The van der Waals surface area contributed by atoms with Crippen molar-refractivity contribution in [3.8, 4) is 22.9 Å². The van der Waals surface area contributed by atoms with Gasteiger partial charge in [0.2, 0.25) is 0 Å². The van der Waals surface area contributed by atoms with Crippen LogP contribution in [0.4, 0.5) is 19.0 Å². The lowest BCUT2D eigenvalue weighted by Gasteiger charge is -2.42. The third-order valence-electron chi connectivity index (χ3n) is 5.72. The number of hydrogen-bond acceptors (Lipinski definition) is 6. The molecule has 0 N–H and O–H groups in total. The number of alkyl halides is 3. The van der Waals surface area contributed by atoms with Crippen LogP contribution < -0.4 is 9.64 Å². The van der Waals surface area contributed by atoms with E-state index in [0.29, 0.717) is 22.2 Å². The van der Waals surface area contributed by atoms with Gasteiger partial charge in [-0.05, 0) is 39.0 Å². The van der Waals surface area contributed by atoms with Crippen molar-refractivity contribution in [1.82, 2.24) is 19.5 Å². The highest BCUT2D eigenvalue weighted by molar-refractivity contribution is 5.85. The van der Waals surface area contributed by atoms with E-state index < -0.39 is 12.8 Å². The zero-order valence-corrected chi connectivity index (χ0v) is 18.7. The number of nitriles is 1. The number of aromatic nitrogens is 3. The molecule has 174 valence electrons. The van der Waals surface area contributed by atoms with Gasteiger partial charge in [-0.3, -0.25) is 4.90 Å². The smallest absolute Gasteiger partial charge is 0.422 e. The van der Waals surface area contributed by atoms with Gasteiger partial charge in [-0.2, -0.15) is 23.5 Å². The predicted octanol–water partition coefficient (Wildman–Crippen LogP) is 4.13. The van der Waals surface area contributed by atoms with E-state index in [0.717, 1.165) is 32.0 Å². The standard InChI is InChI=1S/C23H25F3N6O/c1-22(2,3)31-8-6-30(7-9-31)20-5-4-16(12-28-20)19-10-18(33-15-23(24,25)26)14-32-21(19)17(11-27)13-29-32/h4-5,10,12-14H,6-9,15H2,1-3H3. The lowest BCUT2D eigenvalue weighted by molar-refractivity contribution is -0.153. The normalized spacial score (nSPS) is 15.6. The summed E-state index contributed by atoms with van der Waals surface area (Å²) in [6.07, 6.45) is -0.0788. The van der Waals surface area contributed by atoms with Gasteiger partial charge in [0.15, 0.2) is 6.61 Å². The van der Waals surface area contributed by atoms with Crippen molar-refractivity contribution >= 4 is 11.3 Å². The highest BCUT2D eigenvalue weighted by Gasteiger charge is 2.29. The summed E-state index contributed by atoms with van der Waals surface area (Å²) in [6, 6.07) is 7.32. The molecule has 0 amide bonds. The van der Waals surface area contributed by atoms with E-state index >= 15 is 0 Å². The molecule has 0 spiro atoms. The van der Waals surface area contributed by atoms with Crippen molar-refractivity contribution in [3.05, 3.63) is 42.4 Å². The van der Waals surface area contributed by atoms with E-state index in [4.69, 9.17) is 4.74 Å². The van der Waals surface area contributed by atoms with E-state index in [-0.39, 0.29) is 11.3 Å². The number of halogens is 3. The zero-order chi connectivity index (χ0) is 23.8. The number of hydrogen-bond donors (Lipinski definition) is 0. The molecule has 3 aromatic heterocycles. The van der Waals surface area contributed by atoms with Crippen LogP contribution in [0, 0.1) is 11.3 Å². The molecule has 3 aromatic rings. The fourth-order valence-electron chi connectivity index (χ4n) is 3.98. The van der Waals surface area contributed by atoms with Gasteiger partial charge in [0.05, 0.1) is 23.5 Å². The maximum atomic E-state index is 12.6. The minimum atomic E-state index is -4.46. The highest BCUT2D eigenvalue weighted by Crippen LogP contribution is 2.32. The molecule has 0 atom stereocenters. The molecule has 1 saturated heterocycles. The number of piperazine rings is 1. The molecule has 10 heteroatoms. The van der Waals surface area contributed by atoms with Crippen LogP contribution in [-0.2, 0) is 0 Å². The number of anilines is 1. The van der Waals surface area contributed by atoms with E-state index in [9.17, 15) is 18.4 Å². The summed E-state index contributed by atoms with van der Waals surface area (Å²) in [5.41, 5.74) is 2.12. The van der Waals surface area contributed by atoms with Crippen LogP contribution in [0.25, 0.3) is 16.6 Å². The maximum absolute atomic E-state index is 12.6. The second-order valence-electron chi connectivity index (χ2n) is 9.01. The van der Waals surface area contributed by atoms with Crippen molar-refractivity contribution in [3.63, 3.8) is 0 Å². The van der Waals surface area contributed by atoms with Crippen LogP contribution in [-0.4, -0.2) is 64.0 Å². The molecule has 4 heterocycles. The Balaban J connectivity index is 1.62. The first kappa shape index (κ1) is 22.9. The third-order valence-corrected chi connectivity index (χ3v) is 5.72. The largest absolute Gasteiger partial charge is 0.482 e.